The van der Waals surface area contributed by atoms with Crippen LogP contribution in [-0.4, -0.2) is 62.1 Å². The summed E-state index contributed by atoms with van der Waals surface area (Å²) in [4.78, 5) is 2.37. The van der Waals surface area contributed by atoms with Crippen molar-refractivity contribution in [3.8, 4) is 0 Å². The molecule has 13 heavy (non-hydrogen) atoms. The summed E-state index contributed by atoms with van der Waals surface area (Å²) in [7, 11) is 0. The minimum atomic E-state index is 0.281. The molecule has 76 valence electrons. The number of rotatable bonds is 2. The molecule has 0 amide bonds. The molecule has 0 saturated carbocycles. The molecule has 0 aliphatic carbocycles. The van der Waals surface area contributed by atoms with Crippen LogP contribution < -0.4 is 5.84 Å². The van der Waals surface area contributed by atoms with Gasteiger partial charge in [0, 0.05) is 26.2 Å². The average Bonchev–Trinajstić information content (AvgIpc) is 2.53. The van der Waals surface area contributed by atoms with Gasteiger partial charge in [-0.25, -0.2) is 5.01 Å². The lowest BCUT2D eigenvalue weighted by Crippen LogP contribution is -2.42. The summed E-state index contributed by atoms with van der Waals surface area (Å²) in [6.45, 7) is 6.12. The summed E-state index contributed by atoms with van der Waals surface area (Å²) in [5, 5.41) is 1.71. The van der Waals surface area contributed by atoms with Gasteiger partial charge in [0.1, 0.15) is 6.73 Å². The van der Waals surface area contributed by atoms with Crippen molar-refractivity contribution in [2.45, 2.75) is 6.10 Å². The van der Waals surface area contributed by atoms with Gasteiger partial charge in [0.05, 0.1) is 19.3 Å². The van der Waals surface area contributed by atoms with E-state index in [1.165, 1.54) is 0 Å². The first kappa shape index (κ1) is 9.36. The Morgan fingerprint density at radius 2 is 2.08 bits per heavy atom. The van der Waals surface area contributed by atoms with E-state index in [9.17, 15) is 0 Å². The molecule has 0 bridgehead atoms. The second-order valence-electron chi connectivity index (χ2n) is 3.60. The third kappa shape index (κ3) is 2.62. The highest BCUT2D eigenvalue weighted by molar-refractivity contribution is 4.73. The van der Waals surface area contributed by atoms with Gasteiger partial charge in [-0.3, -0.25) is 10.7 Å². The molecule has 2 saturated heterocycles. The molecule has 0 aromatic heterocycles. The standard InChI is InChI=1S/C8H17N3O2/c9-11-6-8(13-7-11)5-10-1-3-12-4-2-10/h8H,1-7,9H2. The van der Waals surface area contributed by atoms with Gasteiger partial charge in [0.25, 0.3) is 0 Å². The normalized spacial score (nSPS) is 32.5. The maximum atomic E-state index is 5.60. The van der Waals surface area contributed by atoms with Gasteiger partial charge in [0.15, 0.2) is 0 Å². The lowest BCUT2D eigenvalue weighted by Gasteiger charge is -2.28. The third-order valence-corrected chi connectivity index (χ3v) is 2.48. The maximum absolute atomic E-state index is 5.60. The van der Waals surface area contributed by atoms with Crippen LogP contribution in [0.1, 0.15) is 0 Å². The van der Waals surface area contributed by atoms with Crippen molar-refractivity contribution in [2.24, 2.45) is 5.84 Å². The molecule has 0 aromatic carbocycles. The van der Waals surface area contributed by atoms with Crippen molar-refractivity contribution in [3.63, 3.8) is 0 Å². The van der Waals surface area contributed by atoms with E-state index in [4.69, 9.17) is 15.3 Å². The second-order valence-corrected chi connectivity index (χ2v) is 3.60. The van der Waals surface area contributed by atoms with Crippen LogP contribution in [0.4, 0.5) is 0 Å². The Labute approximate surface area is 78.3 Å². The Hall–Kier alpha value is -0.200. The number of hydrogen-bond acceptors (Lipinski definition) is 5. The van der Waals surface area contributed by atoms with Crippen molar-refractivity contribution in [2.75, 3.05) is 46.1 Å². The van der Waals surface area contributed by atoms with Crippen LogP contribution in [0.2, 0.25) is 0 Å². The van der Waals surface area contributed by atoms with Crippen LogP contribution in [-0.2, 0) is 9.47 Å². The number of ether oxygens (including phenoxy) is 2. The molecule has 2 fully saturated rings. The molecule has 1 atom stereocenters. The molecule has 5 heteroatoms. The summed E-state index contributed by atoms with van der Waals surface area (Å²) in [6, 6.07) is 0. The zero-order chi connectivity index (χ0) is 9.10. The Kier molecular flexibility index (Phi) is 3.13. The summed E-state index contributed by atoms with van der Waals surface area (Å²) >= 11 is 0. The number of nitrogens with zero attached hydrogens (tertiary/aromatic N) is 2. The number of nitrogens with two attached hydrogens (primary N) is 1. The highest BCUT2D eigenvalue weighted by Crippen LogP contribution is 2.07. The van der Waals surface area contributed by atoms with Crippen LogP contribution in [0, 0.1) is 0 Å². The first-order chi connectivity index (χ1) is 6.34. The average molecular weight is 187 g/mol. The van der Waals surface area contributed by atoms with Crippen LogP contribution >= 0.6 is 0 Å². The molecule has 2 heterocycles. The first-order valence-corrected chi connectivity index (χ1v) is 4.76. The van der Waals surface area contributed by atoms with Crippen molar-refractivity contribution in [3.05, 3.63) is 0 Å². The summed E-state index contributed by atoms with van der Waals surface area (Å²) < 4.78 is 10.8. The Morgan fingerprint density at radius 3 is 2.69 bits per heavy atom. The van der Waals surface area contributed by atoms with E-state index in [2.05, 4.69) is 4.90 Å². The van der Waals surface area contributed by atoms with E-state index in [1.807, 2.05) is 0 Å². The van der Waals surface area contributed by atoms with Gasteiger partial charge in [-0.1, -0.05) is 0 Å². The Morgan fingerprint density at radius 1 is 1.31 bits per heavy atom. The predicted octanol–water partition coefficient (Wildman–Crippen LogP) is -1.15. The summed E-state index contributed by atoms with van der Waals surface area (Å²) in [6.07, 6.45) is 0.281. The van der Waals surface area contributed by atoms with E-state index in [0.717, 1.165) is 39.4 Å². The van der Waals surface area contributed by atoms with Gasteiger partial charge < -0.3 is 9.47 Å². The fraction of sp³-hybridized carbons (Fsp3) is 1.00. The fourth-order valence-corrected chi connectivity index (χ4v) is 1.75. The second kappa shape index (κ2) is 4.34. The topological polar surface area (TPSA) is 51.0 Å². The molecule has 0 aromatic rings. The smallest absolute Gasteiger partial charge is 0.112 e. The van der Waals surface area contributed by atoms with E-state index < -0.39 is 0 Å². The molecule has 1 unspecified atom stereocenters. The molecular weight excluding hydrogens is 170 g/mol. The number of morpholine rings is 1. The van der Waals surface area contributed by atoms with Crippen LogP contribution in [0.3, 0.4) is 0 Å². The van der Waals surface area contributed by atoms with E-state index in [0.29, 0.717) is 6.73 Å². The molecule has 5 nitrogen and oxygen atoms in total. The lowest BCUT2D eigenvalue weighted by molar-refractivity contribution is 0.00720. The molecular formula is C8H17N3O2. The highest BCUT2D eigenvalue weighted by Gasteiger charge is 2.23. The molecule has 0 spiro atoms. The number of hydrogen-bond donors (Lipinski definition) is 1. The summed E-state index contributed by atoms with van der Waals surface area (Å²) in [5.74, 6) is 5.60. The summed E-state index contributed by atoms with van der Waals surface area (Å²) in [5.41, 5.74) is 0. The number of hydrazine groups is 1. The lowest BCUT2D eigenvalue weighted by atomic mass is 10.3. The van der Waals surface area contributed by atoms with Crippen LogP contribution in [0.25, 0.3) is 0 Å². The zero-order valence-corrected chi connectivity index (χ0v) is 7.82. The maximum Gasteiger partial charge on any atom is 0.112 e. The zero-order valence-electron chi connectivity index (χ0n) is 7.82. The largest absolute Gasteiger partial charge is 0.379 e. The van der Waals surface area contributed by atoms with Gasteiger partial charge in [-0.2, -0.15) is 0 Å². The quantitative estimate of drug-likeness (QED) is 0.553. The van der Waals surface area contributed by atoms with Crippen molar-refractivity contribution >= 4 is 0 Å². The van der Waals surface area contributed by atoms with Gasteiger partial charge in [-0.05, 0) is 0 Å². The SMILES string of the molecule is NN1COC(CN2CCOCC2)C1. The molecule has 0 radical (unpaired) electrons. The molecule has 2 aliphatic rings. The monoisotopic (exact) mass is 187 g/mol. The minimum absolute atomic E-state index is 0.281. The Balaban J connectivity index is 1.71. The van der Waals surface area contributed by atoms with Crippen LogP contribution in [0.15, 0.2) is 0 Å². The van der Waals surface area contributed by atoms with Crippen molar-refractivity contribution in [1.82, 2.24) is 9.91 Å². The van der Waals surface area contributed by atoms with Gasteiger partial charge in [-0.15, -0.1) is 0 Å². The van der Waals surface area contributed by atoms with Gasteiger partial charge >= 0.3 is 0 Å². The van der Waals surface area contributed by atoms with E-state index >= 15 is 0 Å². The first-order valence-electron chi connectivity index (χ1n) is 4.76. The minimum Gasteiger partial charge on any atom is -0.379 e. The Bertz CT molecular complexity index is 159. The van der Waals surface area contributed by atoms with Crippen molar-refractivity contribution < 1.29 is 9.47 Å². The van der Waals surface area contributed by atoms with Crippen LogP contribution in [0.5, 0.6) is 0 Å². The molecule has 2 N–H and O–H groups in total. The molecule has 2 aliphatic heterocycles. The fourth-order valence-electron chi connectivity index (χ4n) is 1.75. The highest BCUT2D eigenvalue weighted by atomic mass is 16.5. The van der Waals surface area contributed by atoms with E-state index in [1.54, 1.807) is 5.01 Å². The van der Waals surface area contributed by atoms with Gasteiger partial charge in [0.2, 0.25) is 0 Å². The predicted molar refractivity (Wildman–Crippen MR) is 47.9 cm³/mol. The van der Waals surface area contributed by atoms with E-state index in [-0.39, 0.29) is 6.10 Å². The molecule has 2 rings (SSSR count). The third-order valence-electron chi connectivity index (χ3n) is 2.48. The van der Waals surface area contributed by atoms with Crippen molar-refractivity contribution in [1.29, 1.82) is 0 Å².